The number of halogens is 3. The van der Waals surface area contributed by atoms with E-state index in [9.17, 15) is 18.0 Å². The van der Waals surface area contributed by atoms with Gasteiger partial charge < -0.3 is 10.2 Å². The Kier molecular flexibility index (Phi) is 5.83. The van der Waals surface area contributed by atoms with Crippen molar-refractivity contribution in [3.63, 3.8) is 0 Å². The number of nitrogens with one attached hydrogen (secondary N) is 1. The second kappa shape index (κ2) is 8.30. The van der Waals surface area contributed by atoms with Crippen molar-refractivity contribution in [2.75, 3.05) is 18.0 Å². The summed E-state index contributed by atoms with van der Waals surface area (Å²) in [6.45, 7) is 1.07. The fraction of sp³-hybridized carbons (Fsp3) is 0.350. The van der Waals surface area contributed by atoms with Gasteiger partial charge in [0, 0.05) is 43.6 Å². The number of amides is 1. The normalized spacial score (nSPS) is 15.1. The summed E-state index contributed by atoms with van der Waals surface area (Å²) in [6, 6.07) is 8.99. The van der Waals surface area contributed by atoms with Crippen molar-refractivity contribution >= 4 is 11.6 Å². The van der Waals surface area contributed by atoms with E-state index >= 15 is 0 Å². The van der Waals surface area contributed by atoms with Crippen molar-refractivity contribution in [3.05, 3.63) is 59.4 Å². The highest BCUT2D eigenvalue weighted by Gasteiger charge is 2.36. The van der Waals surface area contributed by atoms with E-state index in [1.54, 1.807) is 29.4 Å². The number of aromatic nitrogens is 1. The molecule has 2 aromatic rings. The zero-order chi connectivity index (χ0) is 20.1. The zero-order valence-electron chi connectivity index (χ0n) is 15.0. The van der Waals surface area contributed by atoms with Crippen LogP contribution in [0, 0.1) is 17.2 Å². The number of rotatable bonds is 4. The maximum atomic E-state index is 13.4. The van der Waals surface area contributed by atoms with E-state index in [1.807, 2.05) is 6.07 Å². The van der Waals surface area contributed by atoms with Gasteiger partial charge in [0.05, 0.1) is 17.2 Å². The highest BCUT2D eigenvalue weighted by atomic mass is 19.4. The van der Waals surface area contributed by atoms with Gasteiger partial charge in [0.25, 0.3) is 0 Å². The first-order valence-corrected chi connectivity index (χ1v) is 8.91. The minimum absolute atomic E-state index is 0.0271. The molecule has 1 saturated heterocycles. The Labute approximate surface area is 160 Å². The molecule has 5 nitrogen and oxygen atoms in total. The molecule has 1 fully saturated rings. The molecule has 1 aliphatic heterocycles. The summed E-state index contributed by atoms with van der Waals surface area (Å²) in [5.41, 5.74) is 0.105. The number of pyridine rings is 1. The van der Waals surface area contributed by atoms with E-state index in [4.69, 9.17) is 5.26 Å². The molecule has 0 aliphatic carbocycles. The Morgan fingerprint density at radius 2 is 2.04 bits per heavy atom. The number of benzene rings is 1. The van der Waals surface area contributed by atoms with Crippen LogP contribution in [-0.2, 0) is 17.5 Å². The predicted molar refractivity (Wildman–Crippen MR) is 97.2 cm³/mol. The number of alkyl halides is 3. The van der Waals surface area contributed by atoms with Gasteiger partial charge in [-0.2, -0.15) is 18.4 Å². The van der Waals surface area contributed by atoms with Gasteiger partial charge in [-0.15, -0.1) is 0 Å². The lowest BCUT2D eigenvalue weighted by Crippen LogP contribution is -2.41. The van der Waals surface area contributed by atoms with E-state index in [0.717, 1.165) is 11.6 Å². The highest BCUT2D eigenvalue weighted by Crippen LogP contribution is 2.38. The average Bonchev–Trinajstić information content (AvgIpc) is 2.72. The van der Waals surface area contributed by atoms with E-state index < -0.39 is 11.7 Å². The summed E-state index contributed by atoms with van der Waals surface area (Å²) >= 11 is 0. The van der Waals surface area contributed by atoms with E-state index in [-0.39, 0.29) is 23.1 Å². The Balaban J connectivity index is 1.62. The van der Waals surface area contributed by atoms with Crippen molar-refractivity contribution in [1.29, 1.82) is 5.26 Å². The lowest BCUT2D eigenvalue weighted by molar-refractivity contribution is -0.137. The maximum absolute atomic E-state index is 13.4. The monoisotopic (exact) mass is 388 g/mol. The summed E-state index contributed by atoms with van der Waals surface area (Å²) < 4.78 is 40.1. The van der Waals surface area contributed by atoms with E-state index in [1.165, 1.54) is 12.1 Å². The van der Waals surface area contributed by atoms with Crippen LogP contribution in [-0.4, -0.2) is 24.0 Å². The molecule has 0 radical (unpaired) electrons. The van der Waals surface area contributed by atoms with Gasteiger partial charge in [-0.1, -0.05) is 6.07 Å². The smallest absolute Gasteiger partial charge is 0.371 e. The standard InChI is InChI=1S/C20H19F3N4O/c21-20(22,23)17-10-14(11-24)3-4-18(17)27-8-5-16(6-9-27)19(28)26-13-15-2-1-7-25-12-15/h1-4,7,10,12,16H,5-6,8-9,13H2,(H,26,28). The first-order valence-electron chi connectivity index (χ1n) is 8.91. The van der Waals surface area contributed by atoms with Gasteiger partial charge in [0.1, 0.15) is 0 Å². The minimum Gasteiger partial charge on any atom is -0.371 e. The lowest BCUT2D eigenvalue weighted by Gasteiger charge is -2.34. The molecule has 3 rings (SSSR count). The van der Waals surface area contributed by atoms with Gasteiger partial charge >= 0.3 is 6.18 Å². The summed E-state index contributed by atoms with van der Waals surface area (Å²) in [5.74, 6) is -0.333. The molecule has 1 aliphatic rings. The quantitative estimate of drug-likeness (QED) is 0.870. The molecule has 0 bridgehead atoms. The molecule has 8 heteroatoms. The molecule has 1 amide bonds. The lowest BCUT2D eigenvalue weighted by atomic mass is 9.94. The Bertz CT molecular complexity index is 869. The van der Waals surface area contributed by atoms with E-state index in [0.29, 0.717) is 32.5 Å². The Hall–Kier alpha value is -3.08. The van der Waals surface area contributed by atoms with Crippen molar-refractivity contribution in [2.45, 2.75) is 25.6 Å². The summed E-state index contributed by atoms with van der Waals surface area (Å²) in [4.78, 5) is 18.0. The zero-order valence-corrected chi connectivity index (χ0v) is 15.0. The van der Waals surface area contributed by atoms with E-state index in [2.05, 4.69) is 10.3 Å². The number of anilines is 1. The van der Waals surface area contributed by atoms with Crippen LogP contribution >= 0.6 is 0 Å². The number of nitrogens with zero attached hydrogens (tertiary/aromatic N) is 3. The number of hydrogen-bond acceptors (Lipinski definition) is 4. The second-order valence-electron chi connectivity index (χ2n) is 6.68. The highest BCUT2D eigenvalue weighted by molar-refractivity contribution is 5.79. The molecule has 0 spiro atoms. The summed E-state index contributed by atoms with van der Waals surface area (Å²) in [5, 5.41) is 11.7. The van der Waals surface area contributed by atoms with Crippen LogP contribution in [0.3, 0.4) is 0 Å². The molecule has 146 valence electrons. The largest absolute Gasteiger partial charge is 0.418 e. The van der Waals surface area contributed by atoms with Crippen LogP contribution < -0.4 is 10.2 Å². The molecule has 2 heterocycles. The van der Waals surface area contributed by atoms with Gasteiger partial charge in [0.15, 0.2) is 0 Å². The molecular weight excluding hydrogens is 369 g/mol. The Morgan fingerprint density at radius 1 is 1.29 bits per heavy atom. The van der Waals surface area contributed by atoms with Crippen molar-refractivity contribution < 1.29 is 18.0 Å². The van der Waals surface area contributed by atoms with Crippen LogP contribution in [0.25, 0.3) is 0 Å². The van der Waals surface area contributed by atoms with Crippen molar-refractivity contribution in [2.24, 2.45) is 5.92 Å². The Morgan fingerprint density at radius 3 is 2.64 bits per heavy atom. The molecule has 1 N–H and O–H groups in total. The van der Waals surface area contributed by atoms with Crippen LogP contribution in [0.5, 0.6) is 0 Å². The van der Waals surface area contributed by atoms with Gasteiger partial charge in [-0.25, -0.2) is 0 Å². The molecule has 0 unspecified atom stereocenters. The number of carbonyl (C=O) groups excluding carboxylic acids is 1. The van der Waals surface area contributed by atoms with Gasteiger partial charge in [-0.05, 0) is 42.7 Å². The molecule has 28 heavy (non-hydrogen) atoms. The maximum Gasteiger partial charge on any atom is 0.418 e. The van der Waals surface area contributed by atoms with Gasteiger partial charge in [0.2, 0.25) is 5.91 Å². The molecule has 1 aromatic carbocycles. The third-order valence-corrected chi connectivity index (χ3v) is 4.83. The third kappa shape index (κ3) is 4.60. The summed E-state index contributed by atoms with van der Waals surface area (Å²) in [7, 11) is 0. The number of hydrogen-bond donors (Lipinski definition) is 1. The van der Waals surface area contributed by atoms with Crippen LogP contribution in [0.15, 0.2) is 42.7 Å². The van der Waals surface area contributed by atoms with Crippen molar-refractivity contribution in [1.82, 2.24) is 10.3 Å². The second-order valence-corrected chi connectivity index (χ2v) is 6.68. The SMILES string of the molecule is N#Cc1ccc(N2CCC(C(=O)NCc3cccnc3)CC2)c(C(F)(F)F)c1. The average molecular weight is 388 g/mol. The van der Waals surface area contributed by atoms with Crippen LogP contribution in [0.4, 0.5) is 18.9 Å². The van der Waals surface area contributed by atoms with Crippen LogP contribution in [0.1, 0.15) is 29.5 Å². The third-order valence-electron chi connectivity index (χ3n) is 4.83. The predicted octanol–water partition coefficient (Wildman–Crippen LogP) is 3.50. The number of piperidine rings is 1. The fourth-order valence-electron chi connectivity index (χ4n) is 3.33. The molecular formula is C20H19F3N4O. The fourth-order valence-corrected chi connectivity index (χ4v) is 3.33. The molecule has 1 aromatic heterocycles. The van der Waals surface area contributed by atoms with Gasteiger partial charge in [-0.3, -0.25) is 9.78 Å². The number of carbonyl (C=O) groups is 1. The summed E-state index contributed by atoms with van der Waals surface area (Å²) in [6.07, 6.45) is -0.279. The number of nitriles is 1. The van der Waals surface area contributed by atoms with Crippen LogP contribution in [0.2, 0.25) is 0 Å². The van der Waals surface area contributed by atoms with Crippen molar-refractivity contribution in [3.8, 4) is 6.07 Å². The topological polar surface area (TPSA) is 69.0 Å². The minimum atomic E-state index is -4.54. The molecule has 0 atom stereocenters. The first-order chi connectivity index (χ1) is 13.4. The first kappa shape index (κ1) is 19.7. The molecule has 0 saturated carbocycles.